The first kappa shape index (κ1) is 27.9. The largest absolute Gasteiger partial charge is 0.457 e. The monoisotopic (exact) mass is 542 g/mol. The van der Waals surface area contributed by atoms with Gasteiger partial charge in [0.25, 0.3) is 5.56 Å². The minimum atomic E-state index is -0.688. The number of rotatable bonds is 7. The van der Waals surface area contributed by atoms with Crippen LogP contribution in [0.25, 0.3) is 11.7 Å². The van der Waals surface area contributed by atoms with Crippen LogP contribution in [0.15, 0.2) is 28.5 Å². The Morgan fingerprint density at radius 1 is 1.32 bits per heavy atom. The van der Waals surface area contributed by atoms with E-state index in [4.69, 9.17) is 9.72 Å². The summed E-state index contributed by atoms with van der Waals surface area (Å²) in [7, 11) is 0. The highest BCUT2D eigenvalue weighted by Gasteiger charge is 2.24. The van der Waals surface area contributed by atoms with Crippen LogP contribution in [0.3, 0.4) is 0 Å². The smallest absolute Gasteiger partial charge is 0.331 e. The predicted molar refractivity (Wildman–Crippen MR) is 147 cm³/mol. The molecule has 3 aromatic heterocycles. The van der Waals surface area contributed by atoms with E-state index in [0.717, 1.165) is 27.7 Å². The number of carbonyl (C=O) groups excluding carboxylic acids is 1. The molecule has 0 amide bonds. The Bertz CT molecular complexity index is 1410. The van der Waals surface area contributed by atoms with Crippen LogP contribution >= 0.6 is 11.3 Å². The van der Waals surface area contributed by atoms with E-state index in [9.17, 15) is 14.7 Å². The second-order valence-electron chi connectivity index (χ2n) is 11.0. The zero-order chi connectivity index (χ0) is 27.6. The van der Waals surface area contributed by atoms with Crippen molar-refractivity contribution in [1.82, 2.24) is 14.4 Å². The maximum Gasteiger partial charge on any atom is 0.331 e. The maximum atomic E-state index is 15.1. The molecule has 1 fully saturated rings. The fraction of sp³-hybridized carbons (Fsp3) is 0.500. The number of pyridine rings is 1. The molecular formula is C28H35FN4O4S. The zero-order valence-corrected chi connectivity index (χ0v) is 23.3. The molecule has 0 aromatic carbocycles. The van der Waals surface area contributed by atoms with Crippen LogP contribution < -0.4 is 10.5 Å². The summed E-state index contributed by atoms with van der Waals surface area (Å²) in [6.45, 7) is 10.3. The number of hydrogen-bond donors (Lipinski definition) is 1. The lowest BCUT2D eigenvalue weighted by Crippen LogP contribution is -2.40. The van der Waals surface area contributed by atoms with E-state index in [1.54, 1.807) is 38.2 Å². The lowest BCUT2D eigenvalue weighted by Gasteiger charge is -2.32. The number of aromatic nitrogens is 3. The number of halogens is 1. The minimum absolute atomic E-state index is 0.138. The molecule has 0 aliphatic carbocycles. The van der Waals surface area contributed by atoms with Crippen molar-refractivity contribution < 1.29 is 19.0 Å². The highest BCUT2D eigenvalue weighted by atomic mass is 32.1. The van der Waals surface area contributed by atoms with Gasteiger partial charge in [0.2, 0.25) is 0 Å². The first-order valence-corrected chi connectivity index (χ1v) is 13.8. The predicted octanol–water partition coefficient (Wildman–Crippen LogP) is 4.51. The number of ether oxygens (including phenoxy) is 1. The molecule has 1 N–H and O–H groups in total. The van der Waals surface area contributed by atoms with E-state index < -0.39 is 29.1 Å². The molecule has 1 aliphatic rings. The van der Waals surface area contributed by atoms with Crippen molar-refractivity contribution in [3.63, 3.8) is 0 Å². The fourth-order valence-electron chi connectivity index (χ4n) is 4.36. The topological polar surface area (TPSA) is 97.0 Å². The number of anilines is 1. The van der Waals surface area contributed by atoms with Gasteiger partial charge >= 0.3 is 5.97 Å². The second kappa shape index (κ2) is 11.3. The van der Waals surface area contributed by atoms with Crippen molar-refractivity contribution in [3.8, 4) is 0 Å². The molecule has 3 aromatic rings. The number of aryl methyl sites for hydroxylation is 2. The standard InChI is InChI=1S/C28H35FN4O4S/c1-17(2)22-16-38-24(30-22)10-8-18-13-23-31-26(32-12-6-7-19(34)14-32)20(27(36)33(23)15-21(18)29)9-11-25(35)37-28(3,4)5/h9,11,13,15-17,19,34H,6-8,10,12,14H2,1-5H3. The fourth-order valence-corrected chi connectivity index (χ4v) is 5.32. The molecule has 8 nitrogen and oxygen atoms in total. The Morgan fingerprint density at radius 3 is 2.74 bits per heavy atom. The summed E-state index contributed by atoms with van der Waals surface area (Å²) in [5.74, 6) is -0.424. The van der Waals surface area contributed by atoms with Crippen LogP contribution in [0.4, 0.5) is 10.2 Å². The normalized spacial score (nSPS) is 16.6. The van der Waals surface area contributed by atoms with Crippen molar-refractivity contribution in [1.29, 1.82) is 0 Å². The van der Waals surface area contributed by atoms with Gasteiger partial charge in [-0.05, 0) is 63.7 Å². The van der Waals surface area contributed by atoms with Crippen molar-refractivity contribution in [2.75, 3.05) is 18.0 Å². The summed E-state index contributed by atoms with van der Waals surface area (Å²) in [6.07, 6.45) is 5.55. The van der Waals surface area contributed by atoms with Gasteiger partial charge in [0.1, 0.15) is 22.9 Å². The minimum Gasteiger partial charge on any atom is -0.457 e. The highest BCUT2D eigenvalue weighted by Crippen LogP contribution is 2.24. The molecular weight excluding hydrogens is 507 g/mol. The van der Waals surface area contributed by atoms with Gasteiger partial charge in [-0.25, -0.2) is 19.2 Å². The van der Waals surface area contributed by atoms with Gasteiger partial charge in [-0.2, -0.15) is 0 Å². The van der Waals surface area contributed by atoms with Gasteiger partial charge in [0, 0.05) is 31.0 Å². The number of piperidine rings is 1. The Hall–Kier alpha value is -3.11. The number of thiazole rings is 1. The van der Waals surface area contributed by atoms with Gasteiger partial charge in [-0.1, -0.05) is 13.8 Å². The molecule has 0 radical (unpaired) electrons. The SMILES string of the molecule is CC(C)c1csc(CCc2cc3nc(N4CCCC(O)C4)c(C=CC(=O)OC(C)(C)C)c(=O)n3cc2F)n1. The molecule has 0 saturated carbocycles. The lowest BCUT2D eigenvalue weighted by molar-refractivity contribution is -0.148. The van der Waals surface area contributed by atoms with Crippen LogP contribution in [0.1, 0.15) is 75.2 Å². The number of fused-ring (bicyclic) bond motifs is 1. The van der Waals surface area contributed by atoms with E-state index in [1.807, 2.05) is 10.3 Å². The number of aliphatic hydroxyl groups excluding tert-OH is 1. The van der Waals surface area contributed by atoms with Gasteiger partial charge < -0.3 is 14.7 Å². The Balaban J connectivity index is 1.72. The summed E-state index contributed by atoms with van der Waals surface area (Å²) >= 11 is 1.56. The van der Waals surface area contributed by atoms with E-state index in [0.29, 0.717) is 55.3 Å². The second-order valence-corrected chi connectivity index (χ2v) is 11.9. The van der Waals surface area contributed by atoms with Gasteiger partial charge in [0.05, 0.1) is 28.6 Å². The van der Waals surface area contributed by atoms with Crippen LogP contribution in [0.2, 0.25) is 0 Å². The third-order valence-electron chi connectivity index (χ3n) is 6.27. The highest BCUT2D eigenvalue weighted by molar-refractivity contribution is 7.09. The third-order valence-corrected chi connectivity index (χ3v) is 7.19. The van der Waals surface area contributed by atoms with Crippen LogP contribution in [-0.4, -0.2) is 50.2 Å². The Labute approximate surface area is 225 Å². The number of β-amino-alcohol motifs (C(OH)–C–C–N with tert-alkyl or cyclic N) is 1. The van der Waals surface area contributed by atoms with Crippen molar-refractivity contribution in [2.24, 2.45) is 0 Å². The molecule has 1 atom stereocenters. The first-order chi connectivity index (χ1) is 17.9. The quantitative estimate of drug-likeness (QED) is 0.346. The molecule has 4 rings (SSSR count). The van der Waals surface area contributed by atoms with Gasteiger partial charge in [-0.3, -0.25) is 9.20 Å². The molecule has 38 heavy (non-hydrogen) atoms. The number of esters is 1. The lowest BCUT2D eigenvalue weighted by atomic mass is 10.1. The number of carbonyl (C=O) groups is 1. The van der Waals surface area contributed by atoms with E-state index in [1.165, 1.54) is 12.2 Å². The Kier molecular flexibility index (Phi) is 8.32. The van der Waals surface area contributed by atoms with Crippen LogP contribution in [-0.2, 0) is 22.4 Å². The molecule has 204 valence electrons. The number of hydrogen-bond acceptors (Lipinski definition) is 8. The summed E-state index contributed by atoms with van der Waals surface area (Å²) < 4.78 is 21.6. The average Bonchev–Trinajstić information content (AvgIpc) is 3.31. The first-order valence-electron chi connectivity index (χ1n) is 12.9. The summed E-state index contributed by atoms with van der Waals surface area (Å²) in [6, 6.07) is 1.60. The summed E-state index contributed by atoms with van der Waals surface area (Å²) in [4.78, 5) is 37.1. The van der Waals surface area contributed by atoms with E-state index in [2.05, 4.69) is 18.8 Å². The van der Waals surface area contributed by atoms with E-state index >= 15 is 4.39 Å². The molecule has 10 heteroatoms. The molecule has 1 aliphatic heterocycles. The molecule has 1 saturated heterocycles. The van der Waals surface area contributed by atoms with Crippen molar-refractivity contribution >= 4 is 34.8 Å². The molecule has 1 unspecified atom stereocenters. The summed E-state index contributed by atoms with van der Waals surface area (Å²) in [5, 5.41) is 13.2. The molecule has 4 heterocycles. The zero-order valence-electron chi connectivity index (χ0n) is 22.5. The average molecular weight is 543 g/mol. The van der Waals surface area contributed by atoms with E-state index in [-0.39, 0.29) is 5.56 Å². The maximum absolute atomic E-state index is 15.1. The van der Waals surface area contributed by atoms with Gasteiger partial charge in [-0.15, -0.1) is 11.3 Å². The number of aliphatic hydroxyl groups is 1. The van der Waals surface area contributed by atoms with Crippen LogP contribution in [0, 0.1) is 5.82 Å². The Morgan fingerprint density at radius 2 is 2.08 bits per heavy atom. The summed E-state index contributed by atoms with van der Waals surface area (Å²) in [5.41, 5.74) is 0.720. The third kappa shape index (κ3) is 6.66. The van der Waals surface area contributed by atoms with Crippen molar-refractivity contribution in [2.45, 2.75) is 77.9 Å². The van der Waals surface area contributed by atoms with Crippen LogP contribution in [0.5, 0.6) is 0 Å². The molecule has 0 bridgehead atoms. The van der Waals surface area contributed by atoms with Gasteiger partial charge in [0.15, 0.2) is 0 Å². The van der Waals surface area contributed by atoms with Crippen molar-refractivity contribution in [3.05, 3.63) is 61.7 Å². The molecule has 0 spiro atoms. The number of nitrogens with zero attached hydrogens (tertiary/aromatic N) is 4.